The van der Waals surface area contributed by atoms with Gasteiger partial charge in [-0.15, -0.1) is 0 Å². The van der Waals surface area contributed by atoms with Crippen LogP contribution < -0.4 is 10.9 Å². The Kier molecular flexibility index (Phi) is 3.74. The number of amides is 1. The van der Waals surface area contributed by atoms with Gasteiger partial charge < -0.3 is 0 Å². The van der Waals surface area contributed by atoms with Crippen molar-refractivity contribution >= 4 is 28.7 Å². The van der Waals surface area contributed by atoms with Crippen LogP contribution in [0.15, 0.2) is 59.6 Å². The molecule has 0 atom stereocenters. The summed E-state index contributed by atoms with van der Waals surface area (Å²) in [6.45, 7) is -0.0719. The molecule has 2 aromatic carbocycles. The Labute approximate surface area is 143 Å². The molecule has 7 nitrogen and oxygen atoms in total. The summed E-state index contributed by atoms with van der Waals surface area (Å²) in [5.41, 5.74) is 7.45. The topological polar surface area (TPSA) is 88.4 Å². The summed E-state index contributed by atoms with van der Waals surface area (Å²) >= 11 is 0. The molecule has 4 rings (SSSR count). The second-order valence-corrected chi connectivity index (χ2v) is 5.63. The Morgan fingerprint density at radius 3 is 2.60 bits per heavy atom. The number of aromatic nitrogens is 2. The SMILES string of the molecule is O=C1CC(=NCC(=O)n2c(-c3ccccc3)nc3ccccc32)NN1. The highest BCUT2D eigenvalue weighted by molar-refractivity contribution is 6.05. The van der Waals surface area contributed by atoms with Crippen molar-refractivity contribution in [1.29, 1.82) is 0 Å². The molecule has 1 saturated heterocycles. The Balaban J connectivity index is 1.74. The van der Waals surface area contributed by atoms with Gasteiger partial charge in [-0.25, -0.2) is 4.98 Å². The van der Waals surface area contributed by atoms with Gasteiger partial charge in [0.1, 0.15) is 18.2 Å². The molecular weight excluding hydrogens is 318 g/mol. The number of imidazole rings is 1. The maximum absolute atomic E-state index is 12.8. The molecule has 1 fully saturated rings. The number of carbonyl (C=O) groups excluding carboxylic acids is 2. The molecular formula is C18H15N5O2. The molecule has 1 amide bonds. The number of carbonyl (C=O) groups is 2. The number of amidine groups is 1. The van der Waals surface area contributed by atoms with Crippen molar-refractivity contribution in [2.75, 3.05) is 6.54 Å². The van der Waals surface area contributed by atoms with Gasteiger partial charge in [0.25, 0.3) is 5.91 Å². The van der Waals surface area contributed by atoms with Crippen molar-refractivity contribution in [3.05, 3.63) is 54.6 Å². The normalized spacial score (nSPS) is 15.4. The van der Waals surface area contributed by atoms with Crippen LogP contribution in [0.4, 0.5) is 0 Å². The van der Waals surface area contributed by atoms with Gasteiger partial charge >= 0.3 is 0 Å². The number of para-hydroxylation sites is 2. The Bertz CT molecular complexity index is 991. The predicted molar refractivity (Wildman–Crippen MR) is 94.0 cm³/mol. The van der Waals surface area contributed by atoms with Crippen LogP contribution >= 0.6 is 0 Å². The molecule has 0 bridgehead atoms. The molecule has 25 heavy (non-hydrogen) atoms. The van der Waals surface area contributed by atoms with E-state index in [0.29, 0.717) is 11.7 Å². The number of hydrogen-bond donors (Lipinski definition) is 2. The molecule has 0 radical (unpaired) electrons. The van der Waals surface area contributed by atoms with Crippen LogP contribution in [0.3, 0.4) is 0 Å². The fourth-order valence-electron chi connectivity index (χ4n) is 2.77. The molecule has 0 saturated carbocycles. The van der Waals surface area contributed by atoms with E-state index in [9.17, 15) is 9.59 Å². The minimum Gasteiger partial charge on any atom is -0.285 e. The van der Waals surface area contributed by atoms with Crippen molar-refractivity contribution in [2.45, 2.75) is 6.42 Å². The maximum Gasteiger partial charge on any atom is 0.254 e. The highest BCUT2D eigenvalue weighted by atomic mass is 16.2. The lowest BCUT2D eigenvalue weighted by atomic mass is 10.2. The van der Waals surface area contributed by atoms with Crippen LogP contribution in [-0.4, -0.2) is 33.7 Å². The largest absolute Gasteiger partial charge is 0.285 e. The molecule has 1 aromatic heterocycles. The quantitative estimate of drug-likeness (QED) is 0.764. The fourth-order valence-corrected chi connectivity index (χ4v) is 2.77. The second kappa shape index (κ2) is 6.20. The number of nitrogens with zero attached hydrogens (tertiary/aromatic N) is 3. The van der Waals surface area contributed by atoms with E-state index in [1.165, 1.54) is 0 Å². The van der Waals surface area contributed by atoms with Gasteiger partial charge in [-0.1, -0.05) is 42.5 Å². The highest BCUT2D eigenvalue weighted by Crippen LogP contribution is 2.24. The Morgan fingerprint density at radius 1 is 1.08 bits per heavy atom. The van der Waals surface area contributed by atoms with E-state index in [-0.39, 0.29) is 24.8 Å². The van der Waals surface area contributed by atoms with E-state index >= 15 is 0 Å². The Hall–Kier alpha value is -3.48. The number of fused-ring (bicyclic) bond motifs is 1. The molecule has 7 heteroatoms. The first-order valence-electron chi connectivity index (χ1n) is 7.86. The molecule has 3 aromatic rings. The first-order chi connectivity index (χ1) is 12.2. The zero-order chi connectivity index (χ0) is 17.2. The van der Waals surface area contributed by atoms with Gasteiger partial charge in [0.05, 0.1) is 17.5 Å². The monoisotopic (exact) mass is 333 g/mol. The Morgan fingerprint density at radius 2 is 1.84 bits per heavy atom. The summed E-state index contributed by atoms with van der Waals surface area (Å²) in [5.74, 6) is 0.676. The third-order valence-electron chi connectivity index (χ3n) is 3.92. The van der Waals surface area contributed by atoms with Crippen LogP contribution in [0.5, 0.6) is 0 Å². The molecule has 2 heterocycles. The number of hydrazine groups is 1. The molecule has 0 spiro atoms. The summed E-state index contributed by atoms with van der Waals surface area (Å²) in [7, 11) is 0. The van der Waals surface area contributed by atoms with Gasteiger partial charge in [-0.05, 0) is 12.1 Å². The third kappa shape index (κ3) is 2.87. The van der Waals surface area contributed by atoms with E-state index in [1.807, 2.05) is 54.6 Å². The summed E-state index contributed by atoms with van der Waals surface area (Å²) in [5, 5.41) is 0. The maximum atomic E-state index is 12.8. The lowest BCUT2D eigenvalue weighted by Gasteiger charge is -2.07. The average Bonchev–Trinajstić information content (AvgIpc) is 3.24. The number of aliphatic imine (C=N–C) groups is 1. The zero-order valence-electron chi connectivity index (χ0n) is 13.3. The van der Waals surface area contributed by atoms with Crippen LogP contribution in [0.1, 0.15) is 11.2 Å². The lowest BCUT2D eigenvalue weighted by Crippen LogP contribution is -2.29. The third-order valence-corrected chi connectivity index (χ3v) is 3.92. The average molecular weight is 333 g/mol. The van der Waals surface area contributed by atoms with E-state index in [4.69, 9.17) is 0 Å². The summed E-state index contributed by atoms with van der Waals surface area (Å²) in [6, 6.07) is 17.1. The van der Waals surface area contributed by atoms with Crippen LogP contribution in [0.2, 0.25) is 0 Å². The van der Waals surface area contributed by atoms with Crippen molar-refractivity contribution in [3.8, 4) is 11.4 Å². The van der Waals surface area contributed by atoms with Crippen molar-refractivity contribution < 1.29 is 9.59 Å². The first-order valence-corrected chi connectivity index (χ1v) is 7.86. The molecule has 0 unspecified atom stereocenters. The zero-order valence-corrected chi connectivity index (χ0v) is 13.3. The predicted octanol–water partition coefficient (Wildman–Crippen LogP) is 1.77. The number of rotatable bonds is 3. The molecule has 1 aliphatic rings. The van der Waals surface area contributed by atoms with E-state index < -0.39 is 0 Å². The van der Waals surface area contributed by atoms with Gasteiger partial charge in [-0.2, -0.15) is 0 Å². The van der Waals surface area contributed by atoms with Crippen LogP contribution in [0.25, 0.3) is 22.4 Å². The fraction of sp³-hybridized carbons (Fsp3) is 0.111. The first kappa shape index (κ1) is 15.1. The van der Waals surface area contributed by atoms with Gasteiger partial charge in [0.2, 0.25) is 5.91 Å². The van der Waals surface area contributed by atoms with Gasteiger partial charge in [-0.3, -0.25) is 30.0 Å². The second-order valence-electron chi connectivity index (χ2n) is 5.63. The molecule has 2 N–H and O–H groups in total. The van der Waals surface area contributed by atoms with Crippen LogP contribution in [-0.2, 0) is 4.79 Å². The minimum atomic E-state index is -0.207. The van der Waals surface area contributed by atoms with Crippen LogP contribution in [0, 0.1) is 0 Å². The summed E-state index contributed by atoms with van der Waals surface area (Å²) in [4.78, 5) is 32.8. The van der Waals surface area contributed by atoms with Gasteiger partial charge in [0.15, 0.2) is 0 Å². The molecule has 0 aliphatic carbocycles. The van der Waals surface area contributed by atoms with E-state index in [2.05, 4.69) is 20.8 Å². The molecule has 1 aliphatic heterocycles. The smallest absolute Gasteiger partial charge is 0.254 e. The number of benzene rings is 2. The lowest BCUT2D eigenvalue weighted by molar-refractivity contribution is -0.119. The van der Waals surface area contributed by atoms with Crippen molar-refractivity contribution in [1.82, 2.24) is 20.4 Å². The van der Waals surface area contributed by atoms with Gasteiger partial charge in [0, 0.05) is 5.56 Å². The molecule has 124 valence electrons. The van der Waals surface area contributed by atoms with Crippen molar-refractivity contribution in [3.63, 3.8) is 0 Å². The minimum absolute atomic E-state index is 0.0719. The standard InChI is InChI=1S/C18H15N5O2/c24-16-10-15(21-22-16)19-11-17(25)23-14-9-5-4-8-13(14)20-18(23)12-6-2-1-3-7-12/h1-9H,10-11H2,(H,19,21)(H,22,24). The highest BCUT2D eigenvalue weighted by Gasteiger charge is 2.19. The van der Waals surface area contributed by atoms with E-state index in [1.54, 1.807) is 4.57 Å². The summed E-state index contributed by atoms with van der Waals surface area (Å²) < 4.78 is 1.58. The number of hydrogen-bond acceptors (Lipinski definition) is 4. The number of nitrogens with one attached hydrogen (secondary N) is 2. The van der Waals surface area contributed by atoms with E-state index in [0.717, 1.165) is 16.6 Å². The summed E-state index contributed by atoms with van der Waals surface area (Å²) in [6.07, 6.45) is 0.156. The van der Waals surface area contributed by atoms with Crippen molar-refractivity contribution in [2.24, 2.45) is 4.99 Å².